The molecule has 1 aromatic heterocycles. The van der Waals surface area contributed by atoms with E-state index in [0.29, 0.717) is 6.42 Å². The summed E-state index contributed by atoms with van der Waals surface area (Å²) in [5.74, 6) is 0.112. The van der Waals surface area contributed by atoms with Crippen molar-refractivity contribution in [1.82, 2.24) is 4.98 Å². The van der Waals surface area contributed by atoms with E-state index < -0.39 is 0 Å². The highest BCUT2D eigenvalue weighted by molar-refractivity contribution is 9.10. The zero-order valence-corrected chi connectivity index (χ0v) is 10.1. The van der Waals surface area contributed by atoms with Gasteiger partial charge in [0.1, 0.15) is 0 Å². The van der Waals surface area contributed by atoms with E-state index in [1.807, 2.05) is 36.4 Å². The molecule has 1 heterocycles. The fourth-order valence-electron chi connectivity index (χ4n) is 1.43. The topological polar surface area (TPSA) is 30.0 Å². The molecule has 0 amide bonds. The Hall–Kier alpha value is -1.48. The van der Waals surface area contributed by atoms with E-state index in [1.54, 1.807) is 12.4 Å². The van der Waals surface area contributed by atoms with Gasteiger partial charge in [-0.2, -0.15) is 0 Å². The molecule has 0 spiro atoms. The molecule has 2 rings (SSSR count). The number of hydrogen-bond acceptors (Lipinski definition) is 2. The summed E-state index contributed by atoms with van der Waals surface area (Å²) in [5.41, 5.74) is 1.67. The summed E-state index contributed by atoms with van der Waals surface area (Å²) >= 11 is 3.34. The molecule has 0 atom stereocenters. The van der Waals surface area contributed by atoms with Gasteiger partial charge in [-0.15, -0.1) is 0 Å². The summed E-state index contributed by atoms with van der Waals surface area (Å²) in [6.45, 7) is 0. The van der Waals surface area contributed by atoms with Crippen LogP contribution in [0.2, 0.25) is 0 Å². The molecule has 0 N–H and O–H groups in total. The first-order chi connectivity index (χ1) is 7.75. The minimum absolute atomic E-state index is 0.112. The summed E-state index contributed by atoms with van der Waals surface area (Å²) in [5, 5.41) is 0. The summed E-state index contributed by atoms with van der Waals surface area (Å²) in [6.07, 6.45) is 3.82. The number of ketones is 1. The molecule has 0 unspecified atom stereocenters. The third-order valence-corrected chi connectivity index (χ3v) is 2.78. The Balaban J connectivity index is 2.12. The number of carbonyl (C=O) groups is 1. The molecule has 3 heteroatoms. The molecular formula is C13H10BrNO. The molecule has 16 heavy (non-hydrogen) atoms. The molecule has 0 bridgehead atoms. The van der Waals surface area contributed by atoms with Crippen molar-refractivity contribution < 1.29 is 4.79 Å². The Morgan fingerprint density at radius 2 is 1.94 bits per heavy atom. The summed E-state index contributed by atoms with van der Waals surface area (Å²) in [7, 11) is 0. The first kappa shape index (κ1) is 11.0. The van der Waals surface area contributed by atoms with E-state index in [0.717, 1.165) is 15.6 Å². The largest absolute Gasteiger partial charge is 0.294 e. The Labute approximate surface area is 102 Å². The van der Waals surface area contributed by atoms with Gasteiger partial charge in [-0.1, -0.05) is 34.1 Å². The first-order valence-corrected chi connectivity index (χ1v) is 5.72. The van der Waals surface area contributed by atoms with Crippen LogP contribution in [0.5, 0.6) is 0 Å². The van der Waals surface area contributed by atoms with Crippen LogP contribution in [0.25, 0.3) is 0 Å². The minimum atomic E-state index is 0.112. The maximum absolute atomic E-state index is 11.9. The first-order valence-electron chi connectivity index (χ1n) is 4.93. The Morgan fingerprint density at radius 1 is 1.19 bits per heavy atom. The van der Waals surface area contributed by atoms with Crippen molar-refractivity contribution in [3.63, 3.8) is 0 Å². The monoisotopic (exact) mass is 275 g/mol. The van der Waals surface area contributed by atoms with Crippen molar-refractivity contribution >= 4 is 21.7 Å². The van der Waals surface area contributed by atoms with Gasteiger partial charge < -0.3 is 0 Å². The lowest BCUT2D eigenvalue weighted by molar-refractivity contribution is 0.0993. The molecule has 80 valence electrons. The number of aromatic nitrogens is 1. The molecule has 2 aromatic rings. The summed E-state index contributed by atoms with van der Waals surface area (Å²) < 4.78 is 0.977. The molecule has 1 aromatic carbocycles. The van der Waals surface area contributed by atoms with E-state index in [9.17, 15) is 4.79 Å². The second-order valence-electron chi connectivity index (χ2n) is 3.47. The van der Waals surface area contributed by atoms with Crippen molar-refractivity contribution in [2.45, 2.75) is 6.42 Å². The van der Waals surface area contributed by atoms with Crippen LogP contribution >= 0.6 is 15.9 Å². The van der Waals surface area contributed by atoms with E-state index in [-0.39, 0.29) is 5.78 Å². The highest BCUT2D eigenvalue weighted by Gasteiger charge is 2.06. The second kappa shape index (κ2) is 5.03. The third-order valence-electron chi connectivity index (χ3n) is 2.25. The van der Waals surface area contributed by atoms with Crippen LogP contribution in [0.15, 0.2) is 53.3 Å². The molecule has 0 aliphatic heterocycles. The molecule has 0 aliphatic carbocycles. The molecule has 0 saturated heterocycles. The van der Waals surface area contributed by atoms with Crippen LogP contribution in [0.4, 0.5) is 0 Å². The number of Topliss-reactive ketones (excluding diaryl/α,β-unsaturated/α-hetero) is 1. The van der Waals surface area contributed by atoms with Crippen molar-refractivity contribution in [2.75, 3.05) is 0 Å². The lowest BCUT2D eigenvalue weighted by Crippen LogP contribution is -2.03. The van der Waals surface area contributed by atoms with E-state index in [1.165, 1.54) is 0 Å². The average molecular weight is 276 g/mol. The smallest absolute Gasteiger partial charge is 0.167 e. The van der Waals surface area contributed by atoms with Crippen LogP contribution in [0, 0.1) is 0 Å². The normalized spacial score (nSPS) is 10.1. The second-order valence-corrected chi connectivity index (χ2v) is 4.38. The maximum Gasteiger partial charge on any atom is 0.167 e. The Bertz CT molecular complexity index is 479. The number of rotatable bonds is 3. The predicted octanol–water partition coefficient (Wildman–Crippen LogP) is 3.27. The molecule has 0 aliphatic rings. The lowest BCUT2D eigenvalue weighted by atomic mass is 10.0. The lowest BCUT2D eigenvalue weighted by Gasteiger charge is -2.01. The number of carbonyl (C=O) groups excluding carboxylic acids is 1. The minimum Gasteiger partial charge on any atom is -0.294 e. The fourth-order valence-corrected chi connectivity index (χ4v) is 1.69. The zero-order chi connectivity index (χ0) is 11.4. The molecule has 0 saturated carbocycles. The van der Waals surface area contributed by atoms with Crippen LogP contribution < -0.4 is 0 Å². The highest BCUT2D eigenvalue weighted by atomic mass is 79.9. The SMILES string of the molecule is O=C(Cc1cccnc1)c1ccc(Br)cc1. The number of nitrogens with zero attached hydrogens (tertiary/aromatic N) is 1. The van der Waals surface area contributed by atoms with Gasteiger partial charge in [-0.3, -0.25) is 9.78 Å². The van der Waals surface area contributed by atoms with Crippen molar-refractivity contribution in [2.24, 2.45) is 0 Å². The number of benzene rings is 1. The Kier molecular flexibility index (Phi) is 3.47. The molecule has 0 radical (unpaired) electrons. The third kappa shape index (κ3) is 2.76. The van der Waals surface area contributed by atoms with Crippen molar-refractivity contribution in [3.8, 4) is 0 Å². The average Bonchev–Trinajstić information content (AvgIpc) is 2.31. The molecule has 0 fully saturated rings. The number of pyridine rings is 1. The highest BCUT2D eigenvalue weighted by Crippen LogP contribution is 2.12. The van der Waals surface area contributed by atoms with Gasteiger partial charge in [0.25, 0.3) is 0 Å². The van der Waals surface area contributed by atoms with Gasteiger partial charge in [0.2, 0.25) is 0 Å². The van der Waals surface area contributed by atoms with Gasteiger partial charge in [-0.05, 0) is 23.8 Å². The fraction of sp³-hybridized carbons (Fsp3) is 0.0769. The van der Waals surface area contributed by atoms with Gasteiger partial charge in [0.15, 0.2) is 5.78 Å². The van der Waals surface area contributed by atoms with Gasteiger partial charge in [0, 0.05) is 28.9 Å². The van der Waals surface area contributed by atoms with Crippen molar-refractivity contribution in [3.05, 3.63) is 64.4 Å². The zero-order valence-electron chi connectivity index (χ0n) is 8.56. The number of halogens is 1. The van der Waals surface area contributed by atoms with Crippen LogP contribution in [0.1, 0.15) is 15.9 Å². The van der Waals surface area contributed by atoms with Crippen LogP contribution in [0.3, 0.4) is 0 Å². The van der Waals surface area contributed by atoms with Gasteiger partial charge in [0.05, 0.1) is 0 Å². The number of hydrogen-bond donors (Lipinski definition) is 0. The van der Waals surface area contributed by atoms with Gasteiger partial charge in [-0.25, -0.2) is 0 Å². The van der Waals surface area contributed by atoms with Crippen LogP contribution in [-0.4, -0.2) is 10.8 Å². The van der Waals surface area contributed by atoms with E-state index in [4.69, 9.17) is 0 Å². The predicted molar refractivity (Wildman–Crippen MR) is 66.4 cm³/mol. The standard InChI is InChI=1S/C13H10BrNO/c14-12-5-3-11(4-6-12)13(16)8-10-2-1-7-15-9-10/h1-7,9H,8H2. The molecule has 2 nitrogen and oxygen atoms in total. The van der Waals surface area contributed by atoms with Gasteiger partial charge >= 0.3 is 0 Å². The maximum atomic E-state index is 11.9. The van der Waals surface area contributed by atoms with Crippen molar-refractivity contribution in [1.29, 1.82) is 0 Å². The van der Waals surface area contributed by atoms with Crippen LogP contribution in [-0.2, 0) is 6.42 Å². The quantitative estimate of drug-likeness (QED) is 0.805. The molecular weight excluding hydrogens is 266 g/mol. The van der Waals surface area contributed by atoms with E-state index in [2.05, 4.69) is 20.9 Å². The summed E-state index contributed by atoms with van der Waals surface area (Å²) in [4.78, 5) is 15.9. The van der Waals surface area contributed by atoms with E-state index >= 15 is 0 Å². The summed E-state index contributed by atoms with van der Waals surface area (Å²) in [6, 6.07) is 11.1. The Morgan fingerprint density at radius 3 is 2.56 bits per heavy atom.